The Hall–Kier alpha value is -1.22. The molecular weight excluding hydrogens is 264 g/mol. The molecule has 106 valence electrons. The first-order valence-corrected chi connectivity index (χ1v) is 7.14. The fourth-order valence-corrected chi connectivity index (χ4v) is 1.82. The molecule has 0 spiro atoms. The molecule has 0 unspecified atom stereocenters. The molecule has 0 N–H and O–H groups in total. The fourth-order valence-electron chi connectivity index (χ4n) is 1.60. The Balaban J connectivity index is 3.08. The summed E-state index contributed by atoms with van der Waals surface area (Å²) >= 11 is 6.14. The lowest BCUT2D eigenvalue weighted by Crippen LogP contribution is -2.05. The number of rotatable bonds is 8. The number of benzene rings is 1. The third-order valence-corrected chi connectivity index (χ3v) is 2.87. The van der Waals surface area contributed by atoms with E-state index in [0.29, 0.717) is 41.7 Å². The molecule has 4 heteroatoms. The maximum Gasteiger partial charge on any atom is 0.166 e. The Bertz CT molecular complexity index is 430. The Kier molecular flexibility index (Phi) is 6.71. The lowest BCUT2D eigenvalue weighted by Gasteiger charge is -2.14. The molecule has 0 amide bonds. The van der Waals surface area contributed by atoms with Crippen LogP contribution in [0.25, 0.3) is 0 Å². The maximum absolute atomic E-state index is 11.9. The van der Waals surface area contributed by atoms with E-state index in [0.717, 1.165) is 12.8 Å². The molecule has 0 aromatic heterocycles. The Morgan fingerprint density at radius 3 is 2.16 bits per heavy atom. The number of hydrogen-bond donors (Lipinski definition) is 0. The number of halogens is 1. The minimum absolute atomic E-state index is 0.0232. The topological polar surface area (TPSA) is 35.5 Å². The molecule has 19 heavy (non-hydrogen) atoms. The monoisotopic (exact) mass is 284 g/mol. The Morgan fingerprint density at radius 2 is 1.63 bits per heavy atom. The Morgan fingerprint density at radius 1 is 1.05 bits per heavy atom. The van der Waals surface area contributed by atoms with Crippen molar-refractivity contribution in [3.05, 3.63) is 22.7 Å². The summed E-state index contributed by atoms with van der Waals surface area (Å²) in [5.74, 6) is 1.15. The number of carbonyl (C=O) groups is 1. The van der Waals surface area contributed by atoms with Crippen LogP contribution >= 0.6 is 11.6 Å². The normalized spacial score (nSPS) is 10.3. The third kappa shape index (κ3) is 4.43. The van der Waals surface area contributed by atoms with E-state index in [1.165, 1.54) is 0 Å². The van der Waals surface area contributed by atoms with Gasteiger partial charge in [0.25, 0.3) is 0 Å². The van der Waals surface area contributed by atoms with Crippen LogP contribution in [-0.2, 0) is 0 Å². The first-order chi connectivity index (χ1) is 9.13. The van der Waals surface area contributed by atoms with E-state index in [1.807, 2.05) is 20.8 Å². The fraction of sp³-hybridized carbons (Fsp3) is 0.533. The van der Waals surface area contributed by atoms with Crippen molar-refractivity contribution in [1.29, 1.82) is 0 Å². The van der Waals surface area contributed by atoms with Crippen molar-refractivity contribution >= 4 is 17.4 Å². The van der Waals surface area contributed by atoms with Crippen LogP contribution in [0.15, 0.2) is 12.1 Å². The van der Waals surface area contributed by atoms with Crippen molar-refractivity contribution in [2.45, 2.75) is 40.0 Å². The van der Waals surface area contributed by atoms with Crippen molar-refractivity contribution in [2.75, 3.05) is 13.2 Å². The average molecular weight is 285 g/mol. The zero-order valence-corrected chi connectivity index (χ0v) is 12.5. The molecule has 0 saturated heterocycles. The second kappa shape index (κ2) is 8.05. The van der Waals surface area contributed by atoms with Gasteiger partial charge in [0.1, 0.15) is 11.5 Å². The van der Waals surface area contributed by atoms with Crippen LogP contribution in [0.2, 0.25) is 5.02 Å². The van der Waals surface area contributed by atoms with Gasteiger partial charge in [-0.05, 0) is 18.9 Å². The van der Waals surface area contributed by atoms with Gasteiger partial charge in [-0.3, -0.25) is 4.79 Å². The third-order valence-electron chi connectivity index (χ3n) is 2.58. The average Bonchev–Trinajstić information content (AvgIpc) is 2.43. The molecule has 1 rings (SSSR count). The highest BCUT2D eigenvalue weighted by Gasteiger charge is 2.15. The zero-order valence-electron chi connectivity index (χ0n) is 11.8. The molecule has 0 aliphatic carbocycles. The van der Waals surface area contributed by atoms with E-state index >= 15 is 0 Å². The largest absolute Gasteiger partial charge is 0.493 e. The highest BCUT2D eigenvalue weighted by atomic mass is 35.5. The van der Waals surface area contributed by atoms with E-state index in [1.54, 1.807) is 12.1 Å². The van der Waals surface area contributed by atoms with Crippen LogP contribution in [0.4, 0.5) is 0 Å². The number of hydrogen-bond acceptors (Lipinski definition) is 3. The highest BCUT2D eigenvalue weighted by Crippen LogP contribution is 2.33. The predicted molar refractivity (Wildman–Crippen MR) is 77.6 cm³/mol. The van der Waals surface area contributed by atoms with Crippen molar-refractivity contribution in [3.63, 3.8) is 0 Å². The van der Waals surface area contributed by atoms with E-state index in [4.69, 9.17) is 21.1 Å². The van der Waals surface area contributed by atoms with Gasteiger partial charge in [-0.25, -0.2) is 0 Å². The van der Waals surface area contributed by atoms with Crippen LogP contribution in [0.5, 0.6) is 11.5 Å². The van der Waals surface area contributed by atoms with Gasteiger partial charge >= 0.3 is 0 Å². The second-order valence-corrected chi connectivity index (χ2v) is 4.66. The van der Waals surface area contributed by atoms with Crippen LogP contribution in [0.3, 0.4) is 0 Å². The van der Waals surface area contributed by atoms with Crippen molar-refractivity contribution < 1.29 is 14.3 Å². The molecule has 0 aliphatic heterocycles. The summed E-state index contributed by atoms with van der Waals surface area (Å²) < 4.78 is 11.2. The van der Waals surface area contributed by atoms with Crippen LogP contribution in [0.1, 0.15) is 50.4 Å². The first-order valence-electron chi connectivity index (χ1n) is 6.76. The summed E-state index contributed by atoms with van der Waals surface area (Å²) in [4.78, 5) is 11.9. The second-order valence-electron chi connectivity index (χ2n) is 4.25. The lowest BCUT2D eigenvalue weighted by atomic mass is 10.1. The first kappa shape index (κ1) is 15.8. The van der Waals surface area contributed by atoms with Crippen molar-refractivity contribution in [3.8, 4) is 11.5 Å². The predicted octanol–water partition coefficient (Wildman–Crippen LogP) is 4.51. The summed E-state index contributed by atoms with van der Waals surface area (Å²) in [7, 11) is 0. The molecule has 0 aliphatic rings. The molecular formula is C15H21ClO3. The van der Waals surface area contributed by atoms with Gasteiger partial charge in [0, 0.05) is 12.5 Å². The van der Waals surface area contributed by atoms with Crippen LogP contribution < -0.4 is 9.47 Å². The van der Waals surface area contributed by atoms with E-state index in [9.17, 15) is 4.79 Å². The minimum atomic E-state index is 0.0232. The quantitative estimate of drug-likeness (QED) is 0.659. The minimum Gasteiger partial charge on any atom is -0.493 e. The van der Waals surface area contributed by atoms with Gasteiger partial charge in [-0.1, -0.05) is 32.4 Å². The molecule has 3 nitrogen and oxygen atoms in total. The summed E-state index contributed by atoms with van der Waals surface area (Å²) in [6, 6.07) is 3.36. The van der Waals surface area contributed by atoms with Gasteiger partial charge in [0.15, 0.2) is 5.78 Å². The zero-order chi connectivity index (χ0) is 14.3. The number of carbonyl (C=O) groups excluding carboxylic acids is 1. The van der Waals surface area contributed by atoms with Gasteiger partial charge in [-0.2, -0.15) is 0 Å². The maximum atomic E-state index is 11.9. The summed E-state index contributed by atoms with van der Waals surface area (Å²) in [5, 5.41) is 0.453. The molecule has 1 aromatic rings. The number of ether oxygens (including phenoxy) is 2. The van der Waals surface area contributed by atoms with Crippen LogP contribution in [0, 0.1) is 0 Å². The summed E-state index contributed by atoms with van der Waals surface area (Å²) in [6.45, 7) is 7.03. The van der Waals surface area contributed by atoms with Crippen molar-refractivity contribution in [2.24, 2.45) is 0 Å². The number of Topliss-reactive ketones (excluding diaryl/α,β-unsaturated/α-hetero) is 1. The number of ketones is 1. The standard InChI is InChI=1S/C15H21ClO3/c1-4-7-18-14-10-15(19-8-5-2)12(16)9-11(14)13(17)6-3/h9-10H,4-8H2,1-3H3. The lowest BCUT2D eigenvalue weighted by molar-refractivity contribution is 0.0984. The molecule has 0 saturated carbocycles. The van der Waals surface area contributed by atoms with Gasteiger partial charge in [0.2, 0.25) is 0 Å². The smallest absolute Gasteiger partial charge is 0.166 e. The molecule has 0 heterocycles. The van der Waals surface area contributed by atoms with E-state index < -0.39 is 0 Å². The van der Waals surface area contributed by atoms with Crippen molar-refractivity contribution in [1.82, 2.24) is 0 Å². The van der Waals surface area contributed by atoms with Gasteiger partial charge in [0.05, 0.1) is 23.8 Å². The summed E-state index contributed by atoms with van der Waals surface area (Å²) in [5.41, 5.74) is 0.532. The SMILES string of the molecule is CCCOc1cc(OCCC)c(C(=O)CC)cc1Cl. The molecule has 0 radical (unpaired) electrons. The van der Waals surface area contributed by atoms with Gasteiger partial charge < -0.3 is 9.47 Å². The highest BCUT2D eigenvalue weighted by molar-refractivity contribution is 6.32. The molecule has 0 atom stereocenters. The van der Waals surface area contributed by atoms with E-state index in [-0.39, 0.29) is 5.78 Å². The molecule has 0 bridgehead atoms. The van der Waals surface area contributed by atoms with Crippen LogP contribution in [-0.4, -0.2) is 19.0 Å². The Labute approximate surface area is 119 Å². The molecule has 0 fully saturated rings. The summed E-state index contributed by atoms with van der Waals surface area (Å²) in [6.07, 6.45) is 2.21. The van der Waals surface area contributed by atoms with E-state index in [2.05, 4.69) is 0 Å². The molecule has 1 aromatic carbocycles. The van der Waals surface area contributed by atoms with Gasteiger partial charge in [-0.15, -0.1) is 0 Å².